The molecule has 1 amide bonds. The molecule has 2 rings (SSSR count). The lowest BCUT2D eigenvalue weighted by atomic mass is 10.1. The third-order valence-electron chi connectivity index (χ3n) is 3.81. The number of carbonyl (C=O) groups excluding carboxylic acids is 3. The molecule has 1 atom stereocenters. The first-order valence-electron chi connectivity index (χ1n) is 8.59. The molecule has 0 spiro atoms. The van der Waals surface area contributed by atoms with Gasteiger partial charge in [0.1, 0.15) is 5.75 Å². The number of esters is 1. The molecule has 0 saturated heterocycles. The molecule has 1 aliphatic rings. The molecular weight excluding hydrogens is 334 g/mol. The Balaban J connectivity index is 1.64. The number of carbonyl (C=O) groups is 3. The minimum absolute atomic E-state index is 0.00440. The quantitative estimate of drug-likeness (QED) is 0.323. The van der Waals surface area contributed by atoms with Crippen molar-refractivity contribution in [3.63, 3.8) is 0 Å². The number of allylic oxidation sites excluding steroid dienone is 3. The molecule has 1 aromatic carbocycles. The summed E-state index contributed by atoms with van der Waals surface area (Å²) in [4.78, 5) is 34.2. The van der Waals surface area contributed by atoms with E-state index in [0.717, 1.165) is 0 Å². The number of unbranched alkanes of at least 4 members (excludes halogenated alkanes) is 1. The standard InChI is InChI=1S/C20H23NO5/c1-14(22)21-16-8-10-18(11-9-16)26-20(25)7-5-3-2-4-6-15-12-17(23)13-19(15)24/h2,4,8-12,17,23H,3,5-7,13H2,1H3,(H,21,22)/b4-2-. The highest BCUT2D eigenvalue weighted by molar-refractivity contribution is 5.98. The van der Waals surface area contributed by atoms with Crippen LogP contribution in [0.3, 0.4) is 0 Å². The molecule has 0 saturated carbocycles. The average molecular weight is 357 g/mol. The van der Waals surface area contributed by atoms with E-state index in [4.69, 9.17) is 4.74 Å². The van der Waals surface area contributed by atoms with E-state index in [1.807, 2.05) is 12.2 Å². The Bertz CT molecular complexity index is 718. The van der Waals surface area contributed by atoms with Crippen molar-refractivity contribution in [3.05, 3.63) is 48.1 Å². The zero-order valence-corrected chi connectivity index (χ0v) is 14.7. The monoisotopic (exact) mass is 357 g/mol. The van der Waals surface area contributed by atoms with Gasteiger partial charge in [0.2, 0.25) is 5.91 Å². The van der Waals surface area contributed by atoms with Gasteiger partial charge in [0, 0.05) is 25.5 Å². The number of hydrogen-bond donors (Lipinski definition) is 2. The molecular formula is C20H23NO5. The number of amides is 1. The fourth-order valence-electron chi connectivity index (χ4n) is 2.57. The average Bonchev–Trinajstić information content (AvgIpc) is 2.89. The fourth-order valence-corrected chi connectivity index (χ4v) is 2.57. The molecule has 26 heavy (non-hydrogen) atoms. The summed E-state index contributed by atoms with van der Waals surface area (Å²) in [5, 5.41) is 12.0. The van der Waals surface area contributed by atoms with Gasteiger partial charge in [0.25, 0.3) is 0 Å². The second-order valence-corrected chi connectivity index (χ2v) is 6.13. The summed E-state index contributed by atoms with van der Waals surface area (Å²) >= 11 is 0. The van der Waals surface area contributed by atoms with Crippen LogP contribution in [0.1, 0.15) is 39.0 Å². The van der Waals surface area contributed by atoms with Gasteiger partial charge in [-0.2, -0.15) is 0 Å². The number of ketones is 1. The van der Waals surface area contributed by atoms with Crippen molar-refractivity contribution in [1.82, 2.24) is 0 Å². The Kier molecular flexibility index (Phi) is 7.29. The molecule has 0 radical (unpaired) electrons. The first-order valence-corrected chi connectivity index (χ1v) is 8.59. The zero-order chi connectivity index (χ0) is 18.9. The molecule has 1 aliphatic carbocycles. The second kappa shape index (κ2) is 9.68. The lowest BCUT2D eigenvalue weighted by Crippen LogP contribution is -2.08. The maximum atomic E-state index is 11.8. The van der Waals surface area contributed by atoms with Gasteiger partial charge < -0.3 is 15.2 Å². The van der Waals surface area contributed by atoms with E-state index in [2.05, 4.69) is 5.32 Å². The number of hydrogen-bond acceptors (Lipinski definition) is 5. The van der Waals surface area contributed by atoms with Crippen LogP contribution >= 0.6 is 0 Å². The van der Waals surface area contributed by atoms with Gasteiger partial charge in [-0.1, -0.05) is 12.2 Å². The topological polar surface area (TPSA) is 92.7 Å². The number of benzene rings is 1. The Morgan fingerprint density at radius 2 is 2.00 bits per heavy atom. The number of ether oxygens (including phenoxy) is 1. The second-order valence-electron chi connectivity index (χ2n) is 6.13. The summed E-state index contributed by atoms with van der Waals surface area (Å²) in [6.07, 6.45) is 7.10. The lowest BCUT2D eigenvalue weighted by Gasteiger charge is -2.05. The van der Waals surface area contributed by atoms with Gasteiger partial charge in [-0.05, 0) is 55.2 Å². The summed E-state index contributed by atoms with van der Waals surface area (Å²) in [7, 11) is 0. The normalized spacial score (nSPS) is 16.6. The molecule has 0 heterocycles. The minimum Gasteiger partial charge on any atom is -0.427 e. The molecule has 1 unspecified atom stereocenters. The van der Waals surface area contributed by atoms with Crippen LogP contribution in [0.4, 0.5) is 5.69 Å². The maximum absolute atomic E-state index is 11.8. The van der Waals surface area contributed by atoms with Crippen LogP contribution < -0.4 is 10.1 Å². The van der Waals surface area contributed by atoms with Crippen LogP contribution in [0.25, 0.3) is 0 Å². The summed E-state index contributed by atoms with van der Waals surface area (Å²) in [5.41, 5.74) is 1.29. The molecule has 6 heteroatoms. The summed E-state index contributed by atoms with van der Waals surface area (Å²) in [6, 6.07) is 6.60. The van der Waals surface area contributed by atoms with Crippen molar-refractivity contribution in [2.45, 2.75) is 45.1 Å². The van der Waals surface area contributed by atoms with Crippen molar-refractivity contribution in [2.24, 2.45) is 0 Å². The van der Waals surface area contributed by atoms with Gasteiger partial charge in [-0.25, -0.2) is 0 Å². The highest BCUT2D eigenvalue weighted by Gasteiger charge is 2.20. The minimum atomic E-state index is -0.645. The van der Waals surface area contributed by atoms with E-state index in [1.165, 1.54) is 6.92 Å². The van der Waals surface area contributed by atoms with Crippen LogP contribution in [0, 0.1) is 0 Å². The number of anilines is 1. The molecule has 0 aliphatic heterocycles. The molecule has 0 bridgehead atoms. The number of rotatable bonds is 8. The first-order chi connectivity index (χ1) is 12.4. The molecule has 0 aromatic heterocycles. The number of aliphatic hydroxyl groups is 1. The van der Waals surface area contributed by atoms with E-state index in [-0.39, 0.29) is 30.5 Å². The van der Waals surface area contributed by atoms with Crippen LogP contribution in [-0.2, 0) is 14.4 Å². The predicted octanol–water partition coefficient (Wildman–Crippen LogP) is 2.93. The van der Waals surface area contributed by atoms with E-state index >= 15 is 0 Å². The van der Waals surface area contributed by atoms with Crippen LogP contribution in [0.15, 0.2) is 48.1 Å². The van der Waals surface area contributed by atoms with E-state index in [0.29, 0.717) is 36.3 Å². The fraction of sp³-hybridized carbons (Fsp3) is 0.350. The Morgan fingerprint density at radius 1 is 1.27 bits per heavy atom. The molecule has 2 N–H and O–H groups in total. The number of nitrogens with one attached hydrogen (secondary N) is 1. The zero-order valence-electron chi connectivity index (χ0n) is 14.7. The van der Waals surface area contributed by atoms with Gasteiger partial charge in [0.15, 0.2) is 5.78 Å². The van der Waals surface area contributed by atoms with Gasteiger partial charge in [-0.3, -0.25) is 14.4 Å². The molecule has 0 fully saturated rings. The van der Waals surface area contributed by atoms with Gasteiger partial charge in [-0.15, -0.1) is 0 Å². The van der Waals surface area contributed by atoms with Crippen LogP contribution in [-0.4, -0.2) is 28.9 Å². The Labute approximate surface area is 152 Å². The van der Waals surface area contributed by atoms with Crippen molar-refractivity contribution in [3.8, 4) is 5.75 Å². The largest absolute Gasteiger partial charge is 0.427 e. The number of Topliss-reactive ketones (excluding diaryl/α,β-unsaturated/α-hetero) is 1. The van der Waals surface area contributed by atoms with Crippen molar-refractivity contribution in [2.75, 3.05) is 5.32 Å². The highest BCUT2D eigenvalue weighted by Crippen LogP contribution is 2.19. The van der Waals surface area contributed by atoms with Crippen molar-refractivity contribution < 1.29 is 24.2 Å². The smallest absolute Gasteiger partial charge is 0.311 e. The molecule has 1 aromatic rings. The summed E-state index contributed by atoms with van der Waals surface area (Å²) in [6.45, 7) is 1.42. The van der Waals surface area contributed by atoms with E-state index in [1.54, 1.807) is 30.3 Å². The van der Waals surface area contributed by atoms with Gasteiger partial charge >= 0.3 is 5.97 Å². The van der Waals surface area contributed by atoms with Crippen molar-refractivity contribution >= 4 is 23.3 Å². The SMILES string of the molecule is CC(=O)Nc1ccc(OC(=O)CCC/C=C\CC2=CC(O)CC2=O)cc1. The van der Waals surface area contributed by atoms with Gasteiger partial charge in [0.05, 0.1) is 6.10 Å². The van der Waals surface area contributed by atoms with Crippen LogP contribution in [0.2, 0.25) is 0 Å². The predicted molar refractivity (Wildman–Crippen MR) is 97.7 cm³/mol. The Hall–Kier alpha value is -2.73. The van der Waals surface area contributed by atoms with Crippen LogP contribution in [0.5, 0.6) is 5.75 Å². The summed E-state index contributed by atoms with van der Waals surface area (Å²) < 4.78 is 5.23. The third kappa shape index (κ3) is 6.64. The van der Waals surface area contributed by atoms with E-state index in [9.17, 15) is 19.5 Å². The summed E-state index contributed by atoms with van der Waals surface area (Å²) in [5.74, 6) is -0.0461. The maximum Gasteiger partial charge on any atom is 0.311 e. The molecule has 138 valence electrons. The highest BCUT2D eigenvalue weighted by atomic mass is 16.5. The third-order valence-corrected chi connectivity index (χ3v) is 3.81. The van der Waals surface area contributed by atoms with Crippen molar-refractivity contribution in [1.29, 1.82) is 0 Å². The lowest BCUT2D eigenvalue weighted by molar-refractivity contribution is -0.134. The Morgan fingerprint density at radius 3 is 2.62 bits per heavy atom. The first kappa shape index (κ1) is 19.6. The number of aliphatic hydroxyl groups excluding tert-OH is 1. The molecule has 6 nitrogen and oxygen atoms in total. The van der Waals surface area contributed by atoms with E-state index < -0.39 is 6.10 Å².